The summed E-state index contributed by atoms with van der Waals surface area (Å²) >= 11 is 0. The molecule has 0 heterocycles. The summed E-state index contributed by atoms with van der Waals surface area (Å²) in [6.07, 6.45) is -0.0189. The first kappa shape index (κ1) is 14.6. The zero-order valence-electron chi connectivity index (χ0n) is 9.62. The van der Waals surface area contributed by atoms with Crippen LogP contribution in [0.4, 0.5) is 0 Å². The van der Waals surface area contributed by atoms with Crippen molar-refractivity contribution in [3.8, 4) is 0 Å². The summed E-state index contributed by atoms with van der Waals surface area (Å²) in [7, 11) is -2.60. The molecule has 0 aromatic heterocycles. The molecule has 0 spiro atoms. The van der Waals surface area contributed by atoms with E-state index in [1.54, 1.807) is 0 Å². The Morgan fingerprint density at radius 2 is 1.67 bits per heavy atom. The number of carboxylic acids is 1. The van der Waals surface area contributed by atoms with Crippen LogP contribution < -0.4 is 0 Å². The maximum absolute atomic E-state index is 10.3. The molecule has 0 bridgehead atoms. The average molecular weight is 236 g/mol. The first-order valence-corrected chi connectivity index (χ1v) is 7.17. The quantitative estimate of drug-likeness (QED) is 0.615. The van der Waals surface area contributed by atoms with Gasteiger partial charge in [0.25, 0.3) is 0 Å². The van der Waals surface area contributed by atoms with Gasteiger partial charge in [0.2, 0.25) is 0 Å². The highest BCUT2D eigenvalue weighted by molar-refractivity contribution is 6.60. The largest absolute Gasteiger partial charge is 0.500 e. The summed E-state index contributed by atoms with van der Waals surface area (Å²) < 4.78 is 16.5. The smallest absolute Gasteiger partial charge is 0.481 e. The van der Waals surface area contributed by atoms with Crippen LogP contribution in [0.25, 0.3) is 0 Å². The summed E-state index contributed by atoms with van der Waals surface area (Å²) in [5.41, 5.74) is 0. The predicted molar refractivity (Wildman–Crippen MR) is 57.7 cm³/mol. The Labute approximate surface area is 91.7 Å². The molecule has 0 amide bonds. The summed E-state index contributed by atoms with van der Waals surface area (Å²) in [6, 6.07) is 0.661. The molecule has 5 nitrogen and oxygen atoms in total. The molecule has 0 radical (unpaired) electrons. The van der Waals surface area contributed by atoms with Crippen molar-refractivity contribution < 1.29 is 23.2 Å². The Bertz CT molecular complexity index is 179. The van der Waals surface area contributed by atoms with Crippen molar-refractivity contribution in [2.45, 2.75) is 33.2 Å². The SMILES string of the molecule is CCO[Si](CC)(OCC)OCCC(=O)O. The number of aliphatic carboxylic acids is 1. The molecule has 0 aromatic carbocycles. The lowest BCUT2D eigenvalue weighted by molar-refractivity contribution is -0.137. The molecule has 0 aromatic rings. The van der Waals surface area contributed by atoms with Gasteiger partial charge in [0, 0.05) is 25.9 Å². The first-order valence-electron chi connectivity index (χ1n) is 5.23. The second kappa shape index (κ2) is 7.81. The van der Waals surface area contributed by atoms with Gasteiger partial charge in [0.05, 0.1) is 6.42 Å². The molecule has 0 saturated carbocycles. The van der Waals surface area contributed by atoms with Crippen molar-refractivity contribution in [3.05, 3.63) is 0 Å². The topological polar surface area (TPSA) is 65.0 Å². The zero-order chi connectivity index (χ0) is 11.7. The Morgan fingerprint density at radius 3 is 2.00 bits per heavy atom. The minimum Gasteiger partial charge on any atom is -0.481 e. The fraction of sp³-hybridized carbons (Fsp3) is 0.889. The highest BCUT2D eigenvalue weighted by atomic mass is 28.4. The van der Waals surface area contributed by atoms with E-state index in [0.717, 1.165) is 0 Å². The van der Waals surface area contributed by atoms with Crippen LogP contribution in [0.15, 0.2) is 0 Å². The van der Waals surface area contributed by atoms with E-state index in [2.05, 4.69) is 0 Å². The van der Waals surface area contributed by atoms with E-state index in [-0.39, 0.29) is 13.0 Å². The standard InChI is InChI=1S/C9H20O5Si/c1-4-12-15(6-3,13-5-2)14-8-7-9(10)11/h4-8H2,1-3H3,(H,10,11). The maximum atomic E-state index is 10.3. The van der Waals surface area contributed by atoms with Crippen LogP contribution in [-0.4, -0.2) is 39.7 Å². The molecule has 0 rings (SSSR count). The van der Waals surface area contributed by atoms with E-state index >= 15 is 0 Å². The van der Waals surface area contributed by atoms with E-state index in [1.165, 1.54) is 0 Å². The second-order valence-corrected chi connectivity index (χ2v) is 5.83. The summed E-state index contributed by atoms with van der Waals surface area (Å²) in [4.78, 5) is 10.3. The van der Waals surface area contributed by atoms with Gasteiger partial charge in [-0.2, -0.15) is 0 Å². The monoisotopic (exact) mass is 236 g/mol. The number of hydrogen-bond acceptors (Lipinski definition) is 4. The van der Waals surface area contributed by atoms with Crippen LogP contribution in [0.1, 0.15) is 27.2 Å². The van der Waals surface area contributed by atoms with Crippen molar-refractivity contribution >= 4 is 14.8 Å². The second-order valence-electron chi connectivity index (χ2n) is 2.89. The molecule has 0 fully saturated rings. The third-order valence-corrected chi connectivity index (χ3v) is 4.77. The Morgan fingerprint density at radius 1 is 1.13 bits per heavy atom. The Kier molecular flexibility index (Phi) is 7.58. The van der Waals surface area contributed by atoms with E-state index in [1.807, 2.05) is 20.8 Å². The van der Waals surface area contributed by atoms with Gasteiger partial charge in [-0.3, -0.25) is 4.79 Å². The van der Waals surface area contributed by atoms with E-state index < -0.39 is 14.8 Å². The van der Waals surface area contributed by atoms with Crippen LogP contribution in [0.3, 0.4) is 0 Å². The first-order chi connectivity index (χ1) is 7.10. The zero-order valence-corrected chi connectivity index (χ0v) is 10.6. The summed E-state index contributed by atoms with van der Waals surface area (Å²) in [5.74, 6) is -0.873. The number of rotatable bonds is 9. The lowest BCUT2D eigenvalue weighted by Gasteiger charge is -2.27. The molecule has 0 aliphatic carbocycles. The van der Waals surface area contributed by atoms with Crippen molar-refractivity contribution in [1.29, 1.82) is 0 Å². The van der Waals surface area contributed by atoms with E-state index in [0.29, 0.717) is 19.3 Å². The molecular formula is C9H20O5Si. The minimum absolute atomic E-state index is 0.0189. The maximum Gasteiger partial charge on any atom is 0.500 e. The fourth-order valence-corrected chi connectivity index (χ4v) is 3.32. The van der Waals surface area contributed by atoms with Gasteiger partial charge in [-0.25, -0.2) is 0 Å². The lowest BCUT2D eigenvalue weighted by Crippen LogP contribution is -2.45. The van der Waals surface area contributed by atoms with Crippen molar-refractivity contribution in [3.63, 3.8) is 0 Å². The number of carbonyl (C=O) groups is 1. The third kappa shape index (κ3) is 5.88. The third-order valence-electron chi connectivity index (χ3n) is 1.80. The molecule has 6 heteroatoms. The average Bonchev–Trinajstić information content (AvgIpc) is 2.17. The molecule has 1 N–H and O–H groups in total. The van der Waals surface area contributed by atoms with Gasteiger partial charge in [-0.15, -0.1) is 0 Å². The molecule has 0 atom stereocenters. The Hall–Kier alpha value is -0.433. The molecule has 0 aliphatic heterocycles. The van der Waals surface area contributed by atoms with E-state index in [4.69, 9.17) is 18.4 Å². The van der Waals surface area contributed by atoms with Crippen LogP contribution in [-0.2, 0) is 18.1 Å². The summed E-state index contributed by atoms with van der Waals surface area (Å²) in [5, 5.41) is 8.50. The van der Waals surface area contributed by atoms with Crippen LogP contribution in [0, 0.1) is 0 Å². The predicted octanol–water partition coefficient (Wildman–Crippen LogP) is 1.51. The van der Waals surface area contributed by atoms with Gasteiger partial charge in [0.1, 0.15) is 0 Å². The van der Waals surface area contributed by atoms with Gasteiger partial charge >= 0.3 is 14.8 Å². The van der Waals surface area contributed by atoms with Crippen LogP contribution in [0.2, 0.25) is 6.04 Å². The van der Waals surface area contributed by atoms with Gasteiger partial charge < -0.3 is 18.4 Å². The van der Waals surface area contributed by atoms with Gasteiger partial charge in [0.15, 0.2) is 0 Å². The normalized spacial score (nSPS) is 11.7. The minimum atomic E-state index is -2.60. The van der Waals surface area contributed by atoms with Gasteiger partial charge in [-0.05, 0) is 13.8 Å². The number of carboxylic acid groups (broad SMARTS) is 1. The molecule has 15 heavy (non-hydrogen) atoms. The molecular weight excluding hydrogens is 216 g/mol. The van der Waals surface area contributed by atoms with Gasteiger partial charge in [-0.1, -0.05) is 6.92 Å². The molecule has 90 valence electrons. The Balaban J connectivity index is 4.13. The van der Waals surface area contributed by atoms with Crippen molar-refractivity contribution in [1.82, 2.24) is 0 Å². The highest BCUT2D eigenvalue weighted by Crippen LogP contribution is 2.15. The highest BCUT2D eigenvalue weighted by Gasteiger charge is 2.38. The van der Waals surface area contributed by atoms with E-state index in [9.17, 15) is 4.79 Å². The lowest BCUT2D eigenvalue weighted by atomic mass is 10.5. The summed E-state index contributed by atoms with van der Waals surface area (Å²) in [6.45, 7) is 6.86. The molecule has 0 unspecified atom stereocenters. The molecule has 0 saturated heterocycles. The van der Waals surface area contributed by atoms with Crippen molar-refractivity contribution in [2.24, 2.45) is 0 Å². The number of hydrogen-bond donors (Lipinski definition) is 1. The van der Waals surface area contributed by atoms with Crippen LogP contribution in [0.5, 0.6) is 0 Å². The molecule has 0 aliphatic rings. The fourth-order valence-electron chi connectivity index (χ4n) is 1.16. The van der Waals surface area contributed by atoms with Crippen molar-refractivity contribution in [2.75, 3.05) is 19.8 Å². The van der Waals surface area contributed by atoms with Crippen LogP contribution >= 0.6 is 0 Å².